The first-order valence-electron chi connectivity index (χ1n) is 8.64. The number of hydrogen-bond acceptors (Lipinski definition) is 2. The summed E-state index contributed by atoms with van der Waals surface area (Å²) >= 11 is 0. The van der Waals surface area contributed by atoms with E-state index >= 15 is 0 Å². The maximum Gasteiger partial charge on any atom is 0.244 e. The number of benzene rings is 1. The highest BCUT2D eigenvalue weighted by atomic mass is 16.2. The van der Waals surface area contributed by atoms with Gasteiger partial charge < -0.3 is 4.90 Å². The summed E-state index contributed by atoms with van der Waals surface area (Å²) in [6.07, 6.45) is 5.75. The minimum Gasteiger partial charge on any atom is -0.314 e. The highest BCUT2D eigenvalue weighted by Crippen LogP contribution is 2.27. The van der Waals surface area contributed by atoms with Gasteiger partial charge in [0.1, 0.15) is 0 Å². The van der Waals surface area contributed by atoms with Crippen LogP contribution in [0.25, 0.3) is 0 Å². The molecule has 0 aromatic heterocycles. The monoisotopic (exact) mass is 302 g/mol. The molecule has 1 fully saturated rings. The molecule has 1 heterocycles. The van der Waals surface area contributed by atoms with E-state index in [9.17, 15) is 4.79 Å². The molecule has 22 heavy (non-hydrogen) atoms. The Balaban J connectivity index is 2.17. The van der Waals surface area contributed by atoms with Gasteiger partial charge in [0.2, 0.25) is 5.91 Å². The van der Waals surface area contributed by atoms with Crippen LogP contribution in [-0.2, 0) is 4.79 Å². The van der Waals surface area contributed by atoms with Crippen molar-refractivity contribution in [2.75, 3.05) is 25.0 Å². The van der Waals surface area contributed by atoms with Gasteiger partial charge >= 0.3 is 0 Å². The third-order valence-corrected chi connectivity index (χ3v) is 4.80. The second-order valence-electron chi connectivity index (χ2n) is 6.54. The number of para-hydroxylation sites is 1. The molecular formula is C19H30N2O. The lowest BCUT2D eigenvalue weighted by atomic mass is 9.99. The summed E-state index contributed by atoms with van der Waals surface area (Å²) < 4.78 is 0. The number of likely N-dealkylation sites (N-methyl/N-ethyl adjacent to an activating group) is 1. The summed E-state index contributed by atoms with van der Waals surface area (Å²) in [6.45, 7) is 8.50. The smallest absolute Gasteiger partial charge is 0.244 e. The second-order valence-corrected chi connectivity index (χ2v) is 6.54. The summed E-state index contributed by atoms with van der Waals surface area (Å²) in [7, 11) is 1.93. The molecule has 1 atom stereocenters. The van der Waals surface area contributed by atoms with Crippen LogP contribution in [0.4, 0.5) is 5.69 Å². The SMILES string of the molecule is CCCCN1CCCCC1C(=O)N(C)c1c(C)cccc1C. The molecule has 3 heteroatoms. The maximum absolute atomic E-state index is 13.1. The zero-order valence-electron chi connectivity index (χ0n) is 14.6. The number of amides is 1. The highest BCUT2D eigenvalue weighted by molar-refractivity contribution is 5.98. The summed E-state index contributed by atoms with van der Waals surface area (Å²) in [5.41, 5.74) is 3.42. The number of aryl methyl sites for hydroxylation is 2. The van der Waals surface area contributed by atoms with Crippen molar-refractivity contribution in [3.8, 4) is 0 Å². The van der Waals surface area contributed by atoms with Crippen LogP contribution in [0, 0.1) is 13.8 Å². The zero-order chi connectivity index (χ0) is 16.1. The predicted octanol–water partition coefficient (Wildman–Crippen LogP) is 3.92. The van der Waals surface area contributed by atoms with Crippen molar-refractivity contribution in [1.29, 1.82) is 0 Å². The fourth-order valence-corrected chi connectivity index (χ4v) is 3.57. The van der Waals surface area contributed by atoms with Crippen LogP contribution < -0.4 is 4.90 Å². The first-order valence-corrected chi connectivity index (χ1v) is 8.64. The van der Waals surface area contributed by atoms with E-state index in [4.69, 9.17) is 0 Å². The number of carbonyl (C=O) groups is 1. The van der Waals surface area contributed by atoms with Gasteiger partial charge in [0.15, 0.2) is 0 Å². The van der Waals surface area contributed by atoms with Crippen molar-refractivity contribution < 1.29 is 4.79 Å². The van der Waals surface area contributed by atoms with Crippen molar-refractivity contribution in [3.63, 3.8) is 0 Å². The molecule has 1 aromatic carbocycles. The molecule has 3 nitrogen and oxygen atoms in total. The fraction of sp³-hybridized carbons (Fsp3) is 0.632. The third-order valence-electron chi connectivity index (χ3n) is 4.80. The summed E-state index contributed by atoms with van der Waals surface area (Å²) in [5, 5.41) is 0. The zero-order valence-corrected chi connectivity index (χ0v) is 14.6. The lowest BCUT2D eigenvalue weighted by Gasteiger charge is -2.37. The topological polar surface area (TPSA) is 23.6 Å². The number of rotatable bonds is 5. The quantitative estimate of drug-likeness (QED) is 0.823. The summed E-state index contributed by atoms with van der Waals surface area (Å²) in [5.74, 6) is 0.258. The van der Waals surface area contributed by atoms with Gasteiger partial charge in [-0.2, -0.15) is 0 Å². The van der Waals surface area contributed by atoms with Crippen molar-refractivity contribution in [1.82, 2.24) is 4.90 Å². The molecule has 0 bridgehead atoms. The van der Waals surface area contributed by atoms with E-state index in [1.54, 1.807) is 0 Å². The molecule has 1 aliphatic heterocycles. The molecule has 0 saturated carbocycles. The lowest BCUT2D eigenvalue weighted by molar-refractivity contribution is -0.124. The molecular weight excluding hydrogens is 272 g/mol. The van der Waals surface area contributed by atoms with Crippen LogP contribution in [0.1, 0.15) is 50.2 Å². The summed E-state index contributed by atoms with van der Waals surface area (Å²) in [6, 6.07) is 6.29. The Hall–Kier alpha value is -1.35. The van der Waals surface area contributed by atoms with E-state index in [0.29, 0.717) is 0 Å². The Morgan fingerprint density at radius 3 is 2.59 bits per heavy atom. The molecule has 1 aliphatic rings. The van der Waals surface area contributed by atoms with Crippen molar-refractivity contribution in [3.05, 3.63) is 29.3 Å². The number of carbonyl (C=O) groups excluding carboxylic acids is 1. The molecule has 0 radical (unpaired) electrons. The fourth-order valence-electron chi connectivity index (χ4n) is 3.57. The van der Waals surface area contributed by atoms with Gasteiger partial charge in [-0.25, -0.2) is 0 Å². The highest BCUT2D eigenvalue weighted by Gasteiger charge is 2.31. The van der Waals surface area contributed by atoms with E-state index < -0.39 is 0 Å². The number of piperidine rings is 1. The van der Waals surface area contributed by atoms with Crippen LogP contribution >= 0.6 is 0 Å². The minimum absolute atomic E-state index is 0.0595. The van der Waals surface area contributed by atoms with Gasteiger partial charge in [-0.1, -0.05) is 38.0 Å². The van der Waals surface area contributed by atoms with E-state index in [1.165, 1.54) is 36.8 Å². The molecule has 1 amide bonds. The molecule has 1 unspecified atom stereocenters. The number of nitrogens with zero attached hydrogens (tertiary/aromatic N) is 2. The normalized spacial score (nSPS) is 19.2. The minimum atomic E-state index is 0.0595. The van der Waals surface area contributed by atoms with Crippen LogP contribution in [0.2, 0.25) is 0 Å². The van der Waals surface area contributed by atoms with Crippen molar-refractivity contribution >= 4 is 11.6 Å². The van der Waals surface area contributed by atoms with Gasteiger partial charge in [0.25, 0.3) is 0 Å². The van der Waals surface area contributed by atoms with Crippen LogP contribution in [0.15, 0.2) is 18.2 Å². The second kappa shape index (κ2) is 7.77. The number of unbranched alkanes of at least 4 members (excludes halogenated alkanes) is 1. The van der Waals surface area contributed by atoms with E-state index in [1.807, 2.05) is 11.9 Å². The van der Waals surface area contributed by atoms with Gasteiger partial charge in [0, 0.05) is 12.7 Å². The molecule has 0 spiro atoms. The van der Waals surface area contributed by atoms with E-state index in [2.05, 4.69) is 43.9 Å². The molecule has 1 aromatic rings. The Labute approximate surface area is 135 Å². The summed E-state index contributed by atoms with van der Waals surface area (Å²) in [4.78, 5) is 17.4. The molecule has 2 rings (SSSR count). The molecule has 1 saturated heterocycles. The molecule has 0 N–H and O–H groups in total. The van der Waals surface area contributed by atoms with Gasteiger partial charge in [-0.05, 0) is 57.3 Å². The number of likely N-dealkylation sites (tertiary alicyclic amines) is 1. The number of anilines is 1. The van der Waals surface area contributed by atoms with E-state index in [-0.39, 0.29) is 11.9 Å². The van der Waals surface area contributed by atoms with E-state index in [0.717, 1.165) is 25.2 Å². The largest absolute Gasteiger partial charge is 0.314 e. The molecule has 122 valence electrons. The third kappa shape index (κ3) is 3.70. The lowest BCUT2D eigenvalue weighted by Crippen LogP contribution is -2.50. The first kappa shape index (κ1) is 17.0. The molecule has 0 aliphatic carbocycles. The van der Waals surface area contributed by atoms with Crippen LogP contribution in [0.5, 0.6) is 0 Å². The Morgan fingerprint density at radius 2 is 1.95 bits per heavy atom. The van der Waals surface area contributed by atoms with Crippen LogP contribution in [-0.4, -0.2) is 37.0 Å². The first-order chi connectivity index (χ1) is 10.6. The average molecular weight is 302 g/mol. The van der Waals surface area contributed by atoms with Gasteiger partial charge in [-0.15, -0.1) is 0 Å². The Morgan fingerprint density at radius 1 is 1.27 bits per heavy atom. The van der Waals surface area contributed by atoms with Crippen molar-refractivity contribution in [2.24, 2.45) is 0 Å². The maximum atomic E-state index is 13.1. The van der Waals surface area contributed by atoms with Gasteiger partial charge in [-0.3, -0.25) is 9.69 Å². The van der Waals surface area contributed by atoms with Gasteiger partial charge in [0.05, 0.1) is 6.04 Å². The standard InChI is InChI=1S/C19H30N2O/c1-5-6-13-21-14-8-7-12-17(21)19(22)20(4)18-15(2)10-9-11-16(18)3/h9-11,17H,5-8,12-14H2,1-4H3. The predicted molar refractivity (Wildman–Crippen MR) is 93.4 cm³/mol. The Kier molecular flexibility index (Phi) is 6.01. The number of hydrogen-bond donors (Lipinski definition) is 0. The average Bonchev–Trinajstić information content (AvgIpc) is 2.52. The Bertz CT molecular complexity index is 492. The van der Waals surface area contributed by atoms with Crippen molar-refractivity contribution in [2.45, 2.75) is 58.9 Å². The van der Waals surface area contributed by atoms with Crippen LogP contribution in [0.3, 0.4) is 0 Å².